The molecule has 2 saturated carbocycles. The normalized spacial score (nSPS) is 26.7. The summed E-state index contributed by atoms with van der Waals surface area (Å²) >= 11 is 0. The fraction of sp³-hybridized carbons (Fsp3) is 0.611. The first-order valence-corrected chi connectivity index (χ1v) is 8.49. The highest BCUT2D eigenvalue weighted by Gasteiger charge is 2.41. The number of amides is 1. The van der Waals surface area contributed by atoms with Gasteiger partial charge in [-0.05, 0) is 31.7 Å². The molecule has 5 heteroatoms. The van der Waals surface area contributed by atoms with Gasteiger partial charge in [-0.3, -0.25) is 9.59 Å². The summed E-state index contributed by atoms with van der Waals surface area (Å²) in [5.41, 5.74) is 1.01. The Bertz CT molecular complexity index is 584. The number of nitrogens with one attached hydrogen (secondary N) is 1. The Morgan fingerprint density at radius 3 is 2.65 bits per heavy atom. The molecule has 1 heterocycles. The second-order valence-corrected chi connectivity index (χ2v) is 6.99. The molecule has 2 fully saturated rings. The Morgan fingerprint density at radius 1 is 1.30 bits per heavy atom. The first-order chi connectivity index (χ1) is 11.1. The molecule has 0 aliphatic heterocycles. The highest BCUT2D eigenvalue weighted by Crippen LogP contribution is 2.40. The standard InChI is InChI=1S/C18H25N3O2/c1-21(2)17-14(7-4-8-19-17)11-20-18(23)15-9-12-5-3-6-13(10-15)16(12)22/h4,7-8,12-13,15H,3,5-6,9-11H2,1-2H3,(H,20,23)/t12-,13+,15?. The fourth-order valence-electron chi connectivity index (χ4n) is 3.99. The van der Waals surface area contributed by atoms with E-state index < -0.39 is 0 Å². The quantitative estimate of drug-likeness (QED) is 0.925. The molecule has 3 rings (SSSR count). The SMILES string of the molecule is CN(C)c1ncccc1CNC(=O)C1C[C@H]2CCC[C@@H](C1)C2=O. The van der Waals surface area contributed by atoms with Crippen molar-refractivity contribution in [2.45, 2.75) is 38.6 Å². The van der Waals surface area contributed by atoms with Crippen LogP contribution in [0.15, 0.2) is 18.3 Å². The second kappa shape index (κ2) is 6.69. The monoisotopic (exact) mass is 315 g/mol. The van der Waals surface area contributed by atoms with E-state index in [1.807, 2.05) is 31.1 Å². The number of anilines is 1. The number of carbonyl (C=O) groups excluding carboxylic acids is 2. The maximum Gasteiger partial charge on any atom is 0.223 e. The van der Waals surface area contributed by atoms with Gasteiger partial charge in [0.05, 0.1) is 0 Å². The van der Waals surface area contributed by atoms with Gasteiger partial charge in [0, 0.05) is 50.2 Å². The maximum absolute atomic E-state index is 12.5. The van der Waals surface area contributed by atoms with E-state index in [4.69, 9.17) is 0 Å². The van der Waals surface area contributed by atoms with Crippen LogP contribution in [0.4, 0.5) is 5.82 Å². The number of Topliss-reactive ketones (excluding diaryl/α,β-unsaturated/α-hetero) is 1. The Hall–Kier alpha value is -1.91. The van der Waals surface area contributed by atoms with Crippen molar-refractivity contribution in [3.8, 4) is 0 Å². The minimum atomic E-state index is -0.0116. The number of fused-ring (bicyclic) bond motifs is 2. The molecule has 0 spiro atoms. The van der Waals surface area contributed by atoms with Gasteiger partial charge < -0.3 is 10.2 Å². The lowest BCUT2D eigenvalue weighted by molar-refractivity contribution is -0.137. The summed E-state index contributed by atoms with van der Waals surface area (Å²) in [7, 11) is 3.89. The van der Waals surface area contributed by atoms with Crippen molar-refractivity contribution < 1.29 is 9.59 Å². The van der Waals surface area contributed by atoms with Gasteiger partial charge in [-0.1, -0.05) is 12.5 Å². The topological polar surface area (TPSA) is 62.3 Å². The molecule has 2 bridgehead atoms. The van der Waals surface area contributed by atoms with Crippen molar-refractivity contribution in [1.29, 1.82) is 0 Å². The lowest BCUT2D eigenvalue weighted by Crippen LogP contribution is -2.42. The number of pyridine rings is 1. The molecule has 23 heavy (non-hydrogen) atoms. The van der Waals surface area contributed by atoms with Crippen LogP contribution in [0.2, 0.25) is 0 Å². The zero-order valence-corrected chi connectivity index (χ0v) is 13.9. The third-order valence-electron chi connectivity index (χ3n) is 5.16. The molecule has 1 amide bonds. The summed E-state index contributed by atoms with van der Waals surface area (Å²) < 4.78 is 0. The molecule has 2 aliphatic carbocycles. The fourth-order valence-corrected chi connectivity index (χ4v) is 3.99. The van der Waals surface area contributed by atoms with E-state index >= 15 is 0 Å². The van der Waals surface area contributed by atoms with E-state index in [1.165, 1.54) is 0 Å². The van der Waals surface area contributed by atoms with E-state index in [1.54, 1.807) is 6.20 Å². The summed E-state index contributed by atoms with van der Waals surface area (Å²) in [6.45, 7) is 0.486. The summed E-state index contributed by atoms with van der Waals surface area (Å²) in [5, 5.41) is 3.05. The van der Waals surface area contributed by atoms with Crippen molar-refractivity contribution in [3.63, 3.8) is 0 Å². The number of hydrogen-bond donors (Lipinski definition) is 1. The van der Waals surface area contributed by atoms with E-state index in [0.717, 1.165) is 43.5 Å². The molecule has 0 aromatic carbocycles. The third-order valence-corrected chi connectivity index (χ3v) is 5.16. The van der Waals surface area contributed by atoms with Crippen LogP contribution >= 0.6 is 0 Å². The summed E-state index contributed by atoms with van der Waals surface area (Å²) in [4.78, 5) is 31.0. The van der Waals surface area contributed by atoms with Crippen LogP contribution in [0.1, 0.15) is 37.7 Å². The molecule has 3 atom stereocenters. The van der Waals surface area contributed by atoms with E-state index in [-0.39, 0.29) is 23.7 Å². The van der Waals surface area contributed by atoms with Gasteiger partial charge in [-0.25, -0.2) is 4.98 Å². The summed E-state index contributed by atoms with van der Waals surface area (Å²) in [5.74, 6) is 1.60. The van der Waals surface area contributed by atoms with E-state index in [2.05, 4.69) is 10.3 Å². The van der Waals surface area contributed by atoms with Gasteiger partial charge in [-0.2, -0.15) is 0 Å². The second-order valence-electron chi connectivity index (χ2n) is 6.99. The first kappa shape index (κ1) is 16.0. The van der Waals surface area contributed by atoms with Crippen LogP contribution in [-0.2, 0) is 16.1 Å². The molecule has 0 radical (unpaired) electrons. The molecular weight excluding hydrogens is 290 g/mol. The van der Waals surface area contributed by atoms with E-state index in [0.29, 0.717) is 12.3 Å². The van der Waals surface area contributed by atoms with E-state index in [9.17, 15) is 9.59 Å². The molecule has 1 aromatic rings. The first-order valence-electron chi connectivity index (χ1n) is 8.49. The minimum Gasteiger partial charge on any atom is -0.362 e. The number of aromatic nitrogens is 1. The van der Waals surface area contributed by atoms with Gasteiger partial charge in [-0.15, -0.1) is 0 Å². The minimum absolute atomic E-state index is 0.0116. The van der Waals surface area contributed by atoms with Crippen molar-refractivity contribution in [2.24, 2.45) is 17.8 Å². The number of rotatable bonds is 4. The Kier molecular flexibility index (Phi) is 4.64. The molecule has 1 N–H and O–H groups in total. The smallest absolute Gasteiger partial charge is 0.223 e. The predicted octanol–water partition coefficient (Wildman–Crippen LogP) is 2.16. The van der Waals surface area contributed by atoms with Gasteiger partial charge in [0.25, 0.3) is 0 Å². The van der Waals surface area contributed by atoms with Crippen molar-refractivity contribution in [1.82, 2.24) is 10.3 Å². The zero-order valence-electron chi connectivity index (χ0n) is 13.9. The average molecular weight is 315 g/mol. The predicted molar refractivity (Wildman–Crippen MR) is 89.0 cm³/mol. The van der Waals surface area contributed by atoms with Crippen molar-refractivity contribution in [3.05, 3.63) is 23.9 Å². The molecular formula is C18H25N3O2. The highest BCUT2D eigenvalue weighted by atomic mass is 16.2. The molecule has 1 aromatic heterocycles. The van der Waals surface area contributed by atoms with Crippen molar-refractivity contribution >= 4 is 17.5 Å². The summed E-state index contributed by atoms with van der Waals surface area (Å²) in [6.07, 6.45) is 6.29. The Morgan fingerprint density at radius 2 is 2.00 bits per heavy atom. The molecule has 5 nitrogen and oxygen atoms in total. The van der Waals surface area contributed by atoms with Crippen LogP contribution < -0.4 is 10.2 Å². The third kappa shape index (κ3) is 3.38. The van der Waals surface area contributed by atoms with Crippen molar-refractivity contribution in [2.75, 3.05) is 19.0 Å². The molecule has 0 saturated heterocycles. The van der Waals surface area contributed by atoms with Gasteiger partial charge in [0.15, 0.2) is 0 Å². The Balaban J connectivity index is 1.61. The molecule has 124 valence electrons. The largest absolute Gasteiger partial charge is 0.362 e. The van der Waals surface area contributed by atoms with Crippen LogP contribution in [0, 0.1) is 17.8 Å². The molecule has 2 aliphatic rings. The van der Waals surface area contributed by atoms with Crippen LogP contribution in [0.3, 0.4) is 0 Å². The lowest BCUT2D eigenvalue weighted by atomic mass is 9.67. The number of hydrogen-bond acceptors (Lipinski definition) is 4. The number of nitrogens with zero attached hydrogens (tertiary/aromatic N) is 2. The number of ketones is 1. The number of carbonyl (C=O) groups is 2. The lowest BCUT2D eigenvalue weighted by Gasteiger charge is -2.37. The van der Waals surface area contributed by atoms with Crippen LogP contribution in [0.5, 0.6) is 0 Å². The zero-order chi connectivity index (χ0) is 16.4. The maximum atomic E-state index is 12.5. The van der Waals surface area contributed by atoms with Crippen LogP contribution in [0.25, 0.3) is 0 Å². The summed E-state index contributed by atoms with van der Waals surface area (Å²) in [6, 6.07) is 3.87. The van der Waals surface area contributed by atoms with Gasteiger partial charge in [0.1, 0.15) is 11.6 Å². The van der Waals surface area contributed by atoms with Gasteiger partial charge in [0.2, 0.25) is 5.91 Å². The Labute approximate surface area is 137 Å². The van der Waals surface area contributed by atoms with Gasteiger partial charge >= 0.3 is 0 Å². The van der Waals surface area contributed by atoms with Crippen LogP contribution in [-0.4, -0.2) is 30.8 Å². The average Bonchev–Trinajstić information content (AvgIpc) is 2.52. The highest BCUT2D eigenvalue weighted by molar-refractivity contribution is 5.88. The molecule has 1 unspecified atom stereocenters.